The van der Waals surface area contributed by atoms with Crippen molar-refractivity contribution < 1.29 is 18.4 Å². The van der Waals surface area contributed by atoms with Crippen LogP contribution >= 0.6 is 0 Å². The number of hydrogen-bond acceptors (Lipinski definition) is 3. The van der Waals surface area contributed by atoms with E-state index in [2.05, 4.69) is 6.07 Å². The summed E-state index contributed by atoms with van der Waals surface area (Å²) >= 11 is 0. The summed E-state index contributed by atoms with van der Waals surface area (Å²) in [5, 5.41) is 9.04. The molecule has 1 unspecified atom stereocenters. The lowest BCUT2D eigenvalue weighted by atomic mass is 9.80. The quantitative estimate of drug-likeness (QED) is 0.815. The molecule has 5 nitrogen and oxygen atoms in total. The van der Waals surface area contributed by atoms with Crippen LogP contribution in [0.1, 0.15) is 31.2 Å². The molecule has 0 aromatic heterocycles. The second-order valence-electron chi connectivity index (χ2n) is 7.79. The van der Waals surface area contributed by atoms with Crippen LogP contribution in [0.2, 0.25) is 0 Å². The highest BCUT2D eigenvalue weighted by Crippen LogP contribution is 2.46. The van der Waals surface area contributed by atoms with Gasteiger partial charge in [0.1, 0.15) is 0 Å². The molecule has 26 heavy (non-hydrogen) atoms. The number of carbonyl (C=O) groups excluding carboxylic acids is 2. The van der Waals surface area contributed by atoms with Gasteiger partial charge in [0.15, 0.2) is 0 Å². The largest absolute Gasteiger partial charge is 0.342 e. The molecule has 0 N–H and O–H groups in total. The van der Waals surface area contributed by atoms with E-state index in [0.717, 1.165) is 0 Å². The Morgan fingerprint density at radius 2 is 2.04 bits per heavy atom. The van der Waals surface area contributed by atoms with Gasteiger partial charge < -0.3 is 9.80 Å². The summed E-state index contributed by atoms with van der Waals surface area (Å²) in [6.45, 7) is 1.44. The summed E-state index contributed by atoms with van der Waals surface area (Å²) in [5.74, 6) is -3.51. The van der Waals surface area contributed by atoms with Gasteiger partial charge in [0.2, 0.25) is 17.7 Å². The minimum atomic E-state index is -2.70. The molecule has 2 saturated heterocycles. The fourth-order valence-corrected chi connectivity index (χ4v) is 4.36. The van der Waals surface area contributed by atoms with Crippen LogP contribution in [-0.2, 0) is 9.59 Å². The zero-order chi connectivity index (χ0) is 18.5. The summed E-state index contributed by atoms with van der Waals surface area (Å²) in [6, 6.07) is 8.98. The number of nitrogens with zero attached hydrogens (tertiary/aromatic N) is 3. The average Bonchev–Trinajstić information content (AvgIpc) is 3.15. The first kappa shape index (κ1) is 17.0. The third-order valence-corrected chi connectivity index (χ3v) is 5.80. The van der Waals surface area contributed by atoms with Crippen molar-refractivity contribution in [2.75, 3.05) is 24.5 Å². The number of nitriles is 1. The van der Waals surface area contributed by atoms with Gasteiger partial charge >= 0.3 is 0 Å². The van der Waals surface area contributed by atoms with Gasteiger partial charge in [-0.2, -0.15) is 5.26 Å². The van der Waals surface area contributed by atoms with Gasteiger partial charge in [0.05, 0.1) is 11.6 Å². The minimum absolute atomic E-state index is 0.0235. The maximum atomic E-state index is 13.0. The Balaban J connectivity index is 1.45. The Bertz CT molecular complexity index is 811. The summed E-state index contributed by atoms with van der Waals surface area (Å²) in [6.07, 6.45) is 0.319. The second-order valence-corrected chi connectivity index (χ2v) is 7.79. The number of carbonyl (C=O) groups is 2. The van der Waals surface area contributed by atoms with E-state index in [-0.39, 0.29) is 30.1 Å². The number of likely N-dealkylation sites (tertiary alicyclic amines) is 1. The van der Waals surface area contributed by atoms with Crippen LogP contribution in [0.3, 0.4) is 0 Å². The predicted octanol–water partition coefficient (Wildman–Crippen LogP) is 2.56. The molecule has 1 saturated carbocycles. The van der Waals surface area contributed by atoms with E-state index >= 15 is 0 Å². The smallest absolute Gasteiger partial charge is 0.249 e. The highest BCUT2D eigenvalue weighted by atomic mass is 19.3. The van der Waals surface area contributed by atoms with Crippen molar-refractivity contribution in [1.82, 2.24) is 4.90 Å². The fraction of sp³-hybridized carbons (Fsp3) is 0.526. The average molecular weight is 359 g/mol. The standard InChI is InChI=1S/C19H19F2N3O2/c20-19(21)7-14(8-19)17(26)23-5-4-18(11-23)9-16(25)24(12-18)15-3-1-2-13(6-15)10-22/h1-3,6,14H,4-5,7-9,11-12H2. The zero-order valence-corrected chi connectivity index (χ0v) is 14.3. The highest BCUT2D eigenvalue weighted by molar-refractivity contribution is 5.96. The molecule has 0 radical (unpaired) electrons. The minimum Gasteiger partial charge on any atom is -0.342 e. The van der Waals surface area contributed by atoms with E-state index in [4.69, 9.17) is 5.26 Å². The van der Waals surface area contributed by atoms with Crippen molar-refractivity contribution in [3.05, 3.63) is 29.8 Å². The molecule has 3 fully saturated rings. The molecule has 1 spiro atoms. The zero-order valence-electron chi connectivity index (χ0n) is 14.3. The van der Waals surface area contributed by atoms with Crippen LogP contribution < -0.4 is 4.90 Å². The van der Waals surface area contributed by atoms with E-state index in [0.29, 0.717) is 43.7 Å². The molecule has 136 valence electrons. The number of benzene rings is 1. The molecular weight excluding hydrogens is 340 g/mol. The van der Waals surface area contributed by atoms with Crippen molar-refractivity contribution in [1.29, 1.82) is 5.26 Å². The van der Waals surface area contributed by atoms with Gasteiger partial charge in [-0.25, -0.2) is 8.78 Å². The van der Waals surface area contributed by atoms with Crippen LogP contribution in [0.5, 0.6) is 0 Å². The normalized spacial score (nSPS) is 27.7. The van der Waals surface area contributed by atoms with Gasteiger partial charge in [0, 0.05) is 55.9 Å². The number of amides is 2. The lowest BCUT2D eigenvalue weighted by Crippen LogP contribution is -2.46. The van der Waals surface area contributed by atoms with E-state index < -0.39 is 11.8 Å². The van der Waals surface area contributed by atoms with Crippen molar-refractivity contribution >= 4 is 17.5 Å². The first-order valence-electron chi connectivity index (χ1n) is 8.78. The number of halogens is 2. The van der Waals surface area contributed by atoms with Crippen LogP contribution in [0.25, 0.3) is 0 Å². The highest BCUT2D eigenvalue weighted by Gasteiger charge is 2.53. The molecule has 1 aromatic rings. The Morgan fingerprint density at radius 3 is 2.73 bits per heavy atom. The van der Waals surface area contributed by atoms with Crippen molar-refractivity contribution in [3.8, 4) is 6.07 Å². The first-order chi connectivity index (χ1) is 12.3. The van der Waals surface area contributed by atoms with Gasteiger partial charge in [-0.1, -0.05) is 6.07 Å². The lowest BCUT2D eigenvalue weighted by molar-refractivity contribution is -0.159. The van der Waals surface area contributed by atoms with Crippen LogP contribution in [0, 0.1) is 22.7 Å². The van der Waals surface area contributed by atoms with E-state index in [1.165, 1.54) is 0 Å². The van der Waals surface area contributed by atoms with Crippen molar-refractivity contribution in [2.45, 2.75) is 31.6 Å². The Labute approximate surface area is 150 Å². The third-order valence-electron chi connectivity index (χ3n) is 5.80. The number of anilines is 1. The topological polar surface area (TPSA) is 64.4 Å². The molecule has 3 aliphatic rings. The predicted molar refractivity (Wildman–Crippen MR) is 89.4 cm³/mol. The Hall–Kier alpha value is -2.49. The van der Waals surface area contributed by atoms with E-state index in [1.807, 2.05) is 0 Å². The number of rotatable bonds is 2. The number of hydrogen-bond donors (Lipinski definition) is 0. The van der Waals surface area contributed by atoms with Gasteiger partial charge in [0.25, 0.3) is 0 Å². The molecule has 7 heteroatoms. The number of alkyl halides is 2. The summed E-state index contributed by atoms with van der Waals surface area (Å²) in [5.41, 5.74) is 0.862. The van der Waals surface area contributed by atoms with Crippen LogP contribution in [-0.4, -0.2) is 42.3 Å². The van der Waals surface area contributed by atoms with Gasteiger partial charge in [-0.15, -0.1) is 0 Å². The van der Waals surface area contributed by atoms with Gasteiger partial charge in [-0.3, -0.25) is 9.59 Å². The summed E-state index contributed by atoms with van der Waals surface area (Å²) < 4.78 is 26.1. The maximum absolute atomic E-state index is 13.0. The molecule has 1 aromatic carbocycles. The Kier molecular flexibility index (Phi) is 3.76. The third kappa shape index (κ3) is 2.83. The fourth-order valence-electron chi connectivity index (χ4n) is 4.36. The monoisotopic (exact) mass is 359 g/mol. The van der Waals surface area contributed by atoms with Gasteiger partial charge in [-0.05, 0) is 24.6 Å². The molecule has 2 heterocycles. The SMILES string of the molecule is N#Cc1cccc(N2CC3(CCN(C(=O)C4CC(F)(F)C4)C3)CC2=O)c1. The molecule has 2 aliphatic heterocycles. The first-order valence-corrected chi connectivity index (χ1v) is 8.78. The molecule has 2 amide bonds. The summed E-state index contributed by atoms with van der Waals surface area (Å²) in [7, 11) is 0. The summed E-state index contributed by atoms with van der Waals surface area (Å²) in [4.78, 5) is 28.3. The van der Waals surface area contributed by atoms with Crippen molar-refractivity contribution in [3.63, 3.8) is 0 Å². The van der Waals surface area contributed by atoms with E-state index in [1.54, 1.807) is 34.1 Å². The molecule has 1 aliphatic carbocycles. The Morgan fingerprint density at radius 1 is 1.27 bits per heavy atom. The molecule has 0 bridgehead atoms. The molecule has 1 atom stereocenters. The molecular formula is C19H19F2N3O2. The van der Waals surface area contributed by atoms with Crippen LogP contribution in [0.4, 0.5) is 14.5 Å². The molecule has 4 rings (SSSR count). The second kappa shape index (κ2) is 5.76. The van der Waals surface area contributed by atoms with E-state index in [9.17, 15) is 18.4 Å². The maximum Gasteiger partial charge on any atom is 0.249 e. The lowest BCUT2D eigenvalue weighted by Gasteiger charge is -2.36. The van der Waals surface area contributed by atoms with Crippen molar-refractivity contribution in [2.24, 2.45) is 11.3 Å². The van der Waals surface area contributed by atoms with Crippen LogP contribution in [0.15, 0.2) is 24.3 Å².